The smallest absolute Gasteiger partial charge is 0.238 e. The number of sulfone groups is 1. The second-order valence-electron chi connectivity index (χ2n) is 6.84. The molecule has 2 atom stereocenters. The van der Waals surface area contributed by atoms with E-state index in [2.05, 4.69) is 10.2 Å². The fourth-order valence-electron chi connectivity index (χ4n) is 3.41. The number of benzene rings is 2. The molecule has 3 rings (SSSR count). The van der Waals surface area contributed by atoms with Gasteiger partial charge in [-0.2, -0.15) is 0 Å². The monoisotopic (exact) mass is 372 g/mol. The normalized spacial score (nSPS) is 19.2. The second-order valence-corrected chi connectivity index (χ2v) is 8.85. The van der Waals surface area contributed by atoms with Gasteiger partial charge in [-0.25, -0.2) is 8.42 Å². The number of hydrogen-bond acceptors (Lipinski definition) is 4. The maximum atomic E-state index is 12.8. The van der Waals surface area contributed by atoms with Crippen molar-refractivity contribution in [3.8, 4) is 0 Å². The molecule has 1 unspecified atom stereocenters. The zero-order chi connectivity index (χ0) is 18.7. The fraction of sp³-hybridized carbons (Fsp3) is 0.350. The molecule has 2 aromatic rings. The standard InChI is InChI=1S/C20H24N2O3S/c1-22-13-7-12-18(22)20(23)21-19(15-8-4-3-5-9-15)16-10-6-11-17(14-16)26(2,24)25/h3-6,8-11,14,18-19H,7,12-13H2,1-2H3,(H,21,23)/t18-,19?/m1/s1. The van der Waals surface area contributed by atoms with E-state index in [-0.39, 0.29) is 22.9 Å². The lowest BCUT2D eigenvalue weighted by atomic mass is 9.98. The molecule has 6 heteroatoms. The molecule has 0 radical (unpaired) electrons. The Kier molecular flexibility index (Phi) is 5.44. The highest BCUT2D eigenvalue weighted by molar-refractivity contribution is 7.90. The Bertz CT molecular complexity index is 881. The molecule has 0 bridgehead atoms. The summed E-state index contributed by atoms with van der Waals surface area (Å²) in [5, 5.41) is 3.13. The number of amides is 1. The highest BCUT2D eigenvalue weighted by atomic mass is 32.2. The van der Waals surface area contributed by atoms with Crippen LogP contribution < -0.4 is 5.32 Å². The Morgan fingerprint density at radius 3 is 2.42 bits per heavy atom. The van der Waals surface area contributed by atoms with Crippen LogP contribution in [0.5, 0.6) is 0 Å². The van der Waals surface area contributed by atoms with Crippen molar-refractivity contribution < 1.29 is 13.2 Å². The summed E-state index contributed by atoms with van der Waals surface area (Å²) in [5.41, 5.74) is 1.68. The number of nitrogens with zero attached hydrogens (tertiary/aromatic N) is 1. The number of nitrogens with one attached hydrogen (secondary N) is 1. The molecule has 0 saturated carbocycles. The van der Waals surface area contributed by atoms with Crippen molar-refractivity contribution in [3.05, 3.63) is 65.7 Å². The summed E-state index contributed by atoms with van der Waals surface area (Å²) in [7, 11) is -1.36. The van der Waals surface area contributed by atoms with E-state index >= 15 is 0 Å². The predicted molar refractivity (Wildman–Crippen MR) is 102 cm³/mol. The average molecular weight is 372 g/mol. The second kappa shape index (κ2) is 7.60. The molecule has 5 nitrogen and oxygen atoms in total. The Morgan fingerprint density at radius 2 is 1.81 bits per heavy atom. The Labute approximate surface area is 154 Å². The first kappa shape index (κ1) is 18.6. The lowest BCUT2D eigenvalue weighted by Crippen LogP contribution is -2.43. The van der Waals surface area contributed by atoms with E-state index in [1.165, 1.54) is 6.26 Å². The van der Waals surface area contributed by atoms with E-state index in [1.807, 2.05) is 43.4 Å². The first-order valence-corrected chi connectivity index (χ1v) is 10.6. The van der Waals surface area contributed by atoms with Crippen LogP contribution in [-0.2, 0) is 14.6 Å². The summed E-state index contributed by atoms with van der Waals surface area (Å²) in [4.78, 5) is 15.1. The molecular formula is C20H24N2O3S. The highest BCUT2D eigenvalue weighted by Crippen LogP contribution is 2.25. The lowest BCUT2D eigenvalue weighted by Gasteiger charge is -2.25. The Hall–Kier alpha value is -2.18. The summed E-state index contributed by atoms with van der Waals surface area (Å²) in [5.74, 6) is -0.0244. The average Bonchev–Trinajstić information content (AvgIpc) is 3.06. The van der Waals surface area contributed by atoms with Crippen LogP contribution in [-0.4, -0.2) is 45.1 Å². The maximum absolute atomic E-state index is 12.8. The molecule has 0 spiro atoms. The largest absolute Gasteiger partial charge is 0.344 e. The minimum absolute atomic E-state index is 0.0244. The van der Waals surface area contributed by atoms with Gasteiger partial charge >= 0.3 is 0 Å². The van der Waals surface area contributed by atoms with Crippen molar-refractivity contribution in [2.45, 2.75) is 29.8 Å². The fourth-order valence-corrected chi connectivity index (χ4v) is 4.09. The third-order valence-corrected chi connectivity index (χ3v) is 5.97. The van der Waals surface area contributed by atoms with E-state index in [0.29, 0.717) is 0 Å². The SMILES string of the molecule is CN1CCC[C@@H]1C(=O)NC(c1ccccc1)c1cccc(S(C)(=O)=O)c1. The minimum Gasteiger partial charge on any atom is -0.344 e. The first-order valence-electron chi connectivity index (χ1n) is 8.72. The summed E-state index contributed by atoms with van der Waals surface area (Å²) < 4.78 is 23.8. The lowest BCUT2D eigenvalue weighted by molar-refractivity contribution is -0.125. The van der Waals surface area contributed by atoms with Gasteiger partial charge in [0, 0.05) is 6.26 Å². The first-order chi connectivity index (χ1) is 12.4. The van der Waals surface area contributed by atoms with Crippen LogP contribution in [0.25, 0.3) is 0 Å². The van der Waals surface area contributed by atoms with Crippen molar-refractivity contribution in [3.63, 3.8) is 0 Å². The van der Waals surface area contributed by atoms with E-state index in [1.54, 1.807) is 18.2 Å². The quantitative estimate of drug-likeness (QED) is 0.875. The third kappa shape index (κ3) is 4.14. The maximum Gasteiger partial charge on any atom is 0.238 e. The molecule has 138 valence electrons. The number of rotatable bonds is 5. The van der Waals surface area contributed by atoms with E-state index in [4.69, 9.17) is 0 Å². The van der Waals surface area contributed by atoms with Crippen molar-refractivity contribution in [1.82, 2.24) is 10.2 Å². The summed E-state index contributed by atoms with van der Waals surface area (Å²) >= 11 is 0. The highest BCUT2D eigenvalue weighted by Gasteiger charge is 2.30. The molecule has 1 aliphatic rings. The van der Waals surface area contributed by atoms with E-state index in [9.17, 15) is 13.2 Å². The number of likely N-dealkylation sites (tertiary alicyclic amines) is 1. The topological polar surface area (TPSA) is 66.5 Å². The van der Waals surface area contributed by atoms with Crippen LogP contribution in [0.1, 0.15) is 30.0 Å². The Morgan fingerprint density at radius 1 is 1.12 bits per heavy atom. The van der Waals surface area contributed by atoms with Crippen molar-refractivity contribution in [1.29, 1.82) is 0 Å². The van der Waals surface area contributed by atoms with Crippen LogP contribution in [0.2, 0.25) is 0 Å². The molecular weight excluding hydrogens is 348 g/mol. The molecule has 0 aromatic heterocycles. The van der Waals surface area contributed by atoms with Crippen LogP contribution in [0.15, 0.2) is 59.5 Å². The van der Waals surface area contributed by atoms with Gasteiger partial charge in [0.1, 0.15) is 0 Å². The zero-order valence-electron chi connectivity index (χ0n) is 15.1. The number of carbonyl (C=O) groups excluding carboxylic acids is 1. The van der Waals surface area contributed by atoms with Crippen LogP contribution in [0.3, 0.4) is 0 Å². The number of carbonyl (C=O) groups is 1. The van der Waals surface area contributed by atoms with Crippen LogP contribution in [0, 0.1) is 0 Å². The van der Waals surface area contributed by atoms with Crippen LogP contribution in [0.4, 0.5) is 0 Å². The molecule has 1 N–H and O–H groups in total. The van der Waals surface area contributed by atoms with Crippen molar-refractivity contribution in [2.24, 2.45) is 0 Å². The molecule has 1 heterocycles. The third-order valence-electron chi connectivity index (χ3n) is 4.86. The van der Waals surface area contributed by atoms with Crippen LogP contribution >= 0.6 is 0 Å². The molecule has 2 aromatic carbocycles. The summed E-state index contributed by atoms with van der Waals surface area (Å²) in [6.45, 7) is 0.914. The van der Waals surface area contributed by atoms with Gasteiger partial charge in [-0.15, -0.1) is 0 Å². The van der Waals surface area contributed by atoms with Gasteiger partial charge in [-0.3, -0.25) is 9.69 Å². The molecule has 1 fully saturated rings. The molecule has 1 saturated heterocycles. The van der Waals surface area contributed by atoms with Gasteiger partial charge in [0.25, 0.3) is 0 Å². The Balaban J connectivity index is 1.96. The van der Waals surface area contributed by atoms with Gasteiger partial charge in [-0.1, -0.05) is 42.5 Å². The molecule has 0 aliphatic carbocycles. The van der Waals surface area contributed by atoms with Gasteiger partial charge < -0.3 is 5.32 Å². The minimum atomic E-state index is -3.31. The van der Waals surface area contributed by atoms with Crippen molar-refractivity contribution in [2.75, 3.05) is 19.8 Å². The van der Waals surface area contributed by atoms with Gasteiger partial charge in [0.15, 0.2) is 9.84 Å². The van der Waals surface area contributed by atoms with E-state index in [0.717, 1.165) is 30.5 Å². The van der Waals surface area contributed by atoms with E-state index < -0.39 is 9.84 Å². The van der Waals surface area contributed by atoms with Gasteiger partial charge in [-0.05, 0) is 49.7 Å². The number of hydrogen-bond donors (Lipinski definition) is 1. The summed E-state index contributed by atoms with van der Waals surface area (Å²) in [6, 6.07) is 15.9. The summed E-state index contributed by atoms with van der Waals surface area (Å²) in [6.07, 6.45) is 3.04. The van der Waals surface area contributed by atoms with Crippen molar-refractivity contribution >= 4 is 15.7 Å². The predicted octanol–water partition coefficient (Wildman–Crippen LogP) is 2.39. The molecule has 26 heavy (non-hydrogen) atoms. The zero-order valence-corrected chi connectivity index (χ0v) is 15.9. The molecule has 1 amide bonds. The number of likely N-dealkylation sites (N-methyl/N-ethyl adjacent to an activating group) is 1. The molecule has 1 aliphatic heterocycles. The van der Waals surface area contributed by atoms with Gasteiger partial charge in [0.05, 0.1) is 17.0 Å². The van der Waals surface area contributed by atoms with Gasteiger partial charge in [0.2, 0.25) is 5.91 Å².